The summed E-state index contributed by atoms with van der Waals surface area (Å²) in [6.45, 7) is 2.80. The highest BCUT2D eigenvalue weighted by Gasteiger charge is 2.62. The fourth-order valence-electron chi connectivity index (χ4n) is 4.27. The van der Waals surface area contributed by atoms with Crippen LogP contribution in [0, 0.1) is 11.3 Å². The van der Waals surface area contributed by atoms with Crippen LogP contribution in [0.2, 0.25) is 0 Å². The number of hydrogen-bond acceptors (Lipinski definition) is 2. The molecule has 0 heterocycles. The molecule has 0 aromatic heterocycles. The van der Waals surface area contributed by atoms with Crippen molar-refractivity contribution in [2.75, 3.05) is 13.7 Å². The number of alkyl halides is 2. The van der Waals surface area contributed by atoms with Gasteiger partial charge in [-0.25, -0.2) is 0 Å². The van der Waals surface area contributed by atoms with E-state index in [0.29, 0.717) is 18.6 Å². The molecule has 0 aromatic carbocycles. The Bertz CT molecular complexity index is 407. The van der Waals surface area contributed by atoms with Crippen LogP contribution < -0.4 is 0 Å². The van der Waals surface area contributed by atoms with E-state index in [9.17, 15) is 4.79 Å². The van der Waals surface area contributed by atoms with E-state index in [4.69, 9.17) is 27.9 Å². The van der Waals surface area contributed by atoms with Gasteiger partial charge in [-0.3, -0.25) is 4.79 Å². The number of carbonyl (C=O) groups is 1. The first-order valence-electron chi connectivity index (χ1n) is 7.68. The van der Waals surface area contributed by atoms with Gasteiger partial charge in [-0.15, -0.1) is 23.2 Å². The molecular formula is C15H23Cl2NO2. The molecule has 114 valence electrons. The number of rotatable bonds is 4. The number of ether oxygens (including phenoxy) is 1. The molecule has 3 rings (SSSR count). The van der Waals surface area contributed by atoms with E-state index in [-0.39, 0.29) is 17.2 Å². The van der Waals surface area contributed by atoms with Crippen LogP contribution >= 0.6 is 23.2 Å². The Morgan fingerprint density at radius 1 is 1.35 bits per heavy atom. The maximum absolute atomic E-state index is 12.5. The van der Waals surface area contributed by atoms with Gasteiger partial charge in [0, 0.05) is 25.1 Å². The lowest BCUT2D eigenvalue weighted by Crippen LogP contribution is -2.64. The van der Waals surface area contributed by atoms with Gasteiger partial charge in [0.2, 0.25) is 5.91 Å². The van der Waals surface area contributed by atoms with Crippen LogP contribution in [-0.4, -0.2) is 40.9 Å². The summed E-state index contributed by atoms with van der Waals surface area (Å²) in [5.41, 5.74) is 0.191. The van der Waals surface area contributed by atoms with Gasteiger partial charge in [0.05, 0.1) is 12.0 Å². The lowest BCUT2D eigenvalue weighted by Gasteiger charge is -2.57. The molecule has 0 N–H and O–H groups in total. The van der Waals surface area contributed by atoms with Crippen molar-refractivity contribution in [1.29, 1.82) is 0 Å². The monoisotopic (exact) mass is 319 g/mol. The second-order valence-electron chi connectivity index (χ2n) is 6.60. The van der Waals surface area contributed by atoms with Crippen LogP contribution in [0.5, 0.6) is 0 Å². The average Bonchev–Trinajstić information content (AvgIpc) is 2.83. The maximum Gasteiger partial charge on any atom is 0.228 e. The summed E-state index contributed by atoms with van der Waals surface area (Å²) in [4.78, 5) is 14.4. The second-order valence-corrected chi connectivity index (χ2v) is 8.15. The first-order chi connectivity index (χ1) is 9.42. The highest BCUT2D eigenvalue weighted by Crippen LogP contribution is 2.58. The Labute approximate surface area is 130 Å². The molecule has 0 unspecified atom stereocenters. The largest absolute Gasteiger partial charge is 0.378 e. The summed E-state index contributed by atoms with van der Waals surface area (Å²) in [6.07, 6.45) is 6.73. The topological polar surface area (TPSA) is 29.5 Å². The van der Waals surface area contributed by atoms with Crippen LogP contribution in [0.1, 0.15) is 45.4 Å². The van der Waals surface area contributed by atoms with Gasteiger partial charge in [0.1, 0.15) is 4.33 Å². The fourth-order valence-corrected chi connectivity index (χ4v) is 4.77. The van der Waals surface area contributed by atoms with E-state index in [2.05, 4.69) is 0 Å². The van der Waals surface area contributed by atoms with Gasteiger partial charge < -0.3 is 9.64 Å². The summed E-state index contributed by atoms with van der Waals surface area (Å²) in [7, 11) is 1.91. The van der Waals surface area contributed by atoms with E-state index in [1.807, 2.05) is 18.9 Å². The molecule has 0 aromatic rings. The molecule has 0 saturated heterocycles. The Kier molecular flexibility index (Phi) is 3.75. The van der Waals surface area contributed by atoms with Gasteiger partial charge in [0.25, 0.3) is 0 Å². The Morgan fingerprint density at radius 3 is 2.45 bits per heavy atom. The minimum Gasteiger partial charge on any atom is -0.378 e. The molecule has 3 nitrogen and oxygen atoms in total. The van der Waals surface area contributed by atoms with Crippen molar-refractivity contribution in [2.45, 2.75) is 61.9 Å². The van der Waals surface area contributed by atoms with Crippen molar-refractivity contribution in [3.05, 3.63) is 0 Å². The minimum atomic E-state index is -0.822. The summed E-state index contributed by atoms with van der Waals surface area (Å²) in [6, 6.07) is 0.304. The molecule has 0 aliphatic heterocycles. The van der Waals surface area contributed by atoms with Gasteiger partial charge >= 0.3 is 0 Å². The molecule has 1 spiro atoms. The number of hydrogen-bond donors (Lipinski definition) is 0. The second kappa shape index (κ2) is 5.03. The Hall–Kier alpha value is 0.01000. The molecule has 3 aliphatic carbocycles. The molecule has 1 amide bonds. The third-order valence-electron chi connectivity index (χ3n) is 5.58. The first kappa shape index (κ1) is 14.9. The fraction of sp³-hybridized carbons (Fsp3) is 0.933. The normalized spacial score (nSPS) is 36.7. The predicted molar refractivity (Wildman–Crippen MR) is 80.0 cm³/mol. The van der Waals surface area contributed by atoms with Crippen LogP contribution in [0.4, 0.5) is 0 Å². The van der Waals surface area contributed by atoms with E-state index >= 15 is 0 Å². The van der Waals surface area contributed by atoms with Gasteiger partial charge in [0.15, 0.2) is 0 Å². The van der Waals surface area contributed by atoms with E-state index in [1.54, 1.807) is 0 Å². The summed E-state index contributed by atoms with van der Waals surface area (Å²) < 4.78 is 5.08. The zero-order valence-corrected chi connectivity index (χ0v) is 13.7. The van der Waals surface area contributed by atoms with Gasteiger partial charge in [-0.2, -0.15) is 0 Å². The zero-order valence-electron chi connectivity index (χ0n) is 12.2. The van der Waals surface area contributed by atoms with E-state index < -0.39 is 4.33 Å². The quantitative estimate of drug-likeness (QED) is 0.743. The molecule has 5 heteroatoms. The molecule has 3 saturated carbocycles. The predicted octanol–water partition coefficient (Wildman–Crippen LogP) is 3.38. The third-order valence-corrected chi connectivity index (χ3v) is 6.42. The van der Waals surface area contributed by atoms with Crippen LogP contribution in [0.25, 0.3) is 0 Å². The standard InChI is InChI=1S/C15H23Cl2NO2/c1-3-20-12-8-11(14(12)6-4-5-7-14)18(2)13(19)10-9-15(10,16)17/h10-12H,3-9H2,1-2H3/t10-,11+,12-/m1/s1. The van der Waals surface area contributed by atoms with E-state index in [1.165, 1.54) is 25.7 Å². The molecule has 3 fully saturated rings. The van der Waals surface area contributed by atoms with Crippen molar-refractivity contribution in [1.82, 2.24) is 4.90 Å². The molecular weight excluding hydrogens is 297 g/mol. The van der Waals surface area contributed by atoms with Crippen molar-refractivity contribution < 1.29 is 9.53 Å². The summed E-state index contributed by atoms with van der Waals surface area (Å²) >= 11 is 12.1. The highest BCUT2D eigenvalue weighted by atomic mass is 35.5. The Morgan fingerprint density at radius 2 is 1.95 bits per heavy atom. The van der Waals surface area contributed by atoms with Crippen molar-refractivity contribution in [3.63, 3.8) is 0 Å². The van der Waals surface area contributed by atoms with Crippen molar-refractivity contribution in [3.8, 4) is 0 Å². The molecule has 0 radical (unpaired) electrons. The Balaban J connectivity index is 1.69. The maximum atomic E-state index is 12.5. The molecule has 0 bridgehead atoms. The van der Waals surface area contributed by atoms with Crippen LogP contribution in [0.15, 0.2) is 0 Å². The summed E-state index contributed by atoms with van der Waals surface area (Å²) in [5, 5.41) is 0. The number of nitrogens with zero attached hydrogens (tertiary/aromatic N) is 1. The van der Waals surface area contributed by atoms with Crippen molar-refractivity contribution >= 4 is 29.1 Å². The zero-order chi connectivity index (χ0) is 14.5. The smallest absolute Gasteiger partial charge is 0.228 e. The SMILES string of the molecule is CCO[C@@H]1C[C@H](N(C)C(=O)[C@H]2CC2(Cl)Cl)C12CCCC2. The number of halogens is 2. The van der Waals surface area contributed by atoms with Gasteiger partial charge in [-0.1, -0.05) is 12.8 Å². The lowest BCUT2D eigenvalue weighted by molar-refractivity contribution is -0.173. The van der Waals surface area contributed by atoms with Crippen LogP contribution in [0.3, 0.4) is 0 Å². The average molecular weight is 320 g/mol. The van der Waals surface area contributed by atoms with Crippen LogP contribution in [-0.2, 0) is 9.53 Å². The molecule has 20 heavy (non-hydrogen) atoms. The summed E-state index contributed by atoms with van der Waals surface area (Å²) in [5.74, 6) is -0.0957. The number of amides is 1. The molecule has 3 atom stereocenters. The number of carbonyl (C=O) groups excluding carboxylic acids is 1. The first-order valence-corrected chi connectivity index (χ1v) is 8.44. The minimum absolute atomic E-state index is 0.112. The van der Waals surface area contributed by atoms with Crippen molar-refractivity contribution in [2.24, 2.45) is 11.3 Å². The van der Waals surface area contributed by atoms with E-state index in [0.717, 1.165) is 13.0 Å². The highest BCUT2D eigenvalue weighted by molar-refractivity contribution is 6.52. The van der Waals surface area contributed by atoms with Gasteiger partial charge in [-0.05, 0) is 32.6 Å². The third kappa shape index (κ3) is 2.17. The molecule has 3 aliphatic rings. The lowest BCUT2D eigenvalue weighted by atomic mass is 9.60.